The first kappa shape index (κ1) is 10.9. The van der Waals surface area contributed by atoms with Crippen molar-refractivity contribution in [3.63, 3.8) is 0 Å². The number of carbonyl (C=O) groups excluding carboxylic acids is 3. The van der Waals surface area contributed by atoms with Crippen molar-refractivity contribution >= 4 is 17.7 Å². The zero-order chi connectivity index (χ0) is 11.7. The fourth-order valence-corrected chi connectivity index (χ4v) is 2.25. The van der Waals surface area contributed by atoms with E-state index in [0.29, 0.717) is 12.8 Å². The second-order valence-electron chi connectivity index (χ2n) is 4.09. The van der Waals surface area contributed by atoms with Crippen LogP contribution < -0.4 is 5.32 Å². The van der Waals surface area contributed by atoms with Crippen molar-refractivity contribution in [2.24, 2.45) is 11.8 Å². The molecule has 0 aromatic carbocycles. The molecule has 1 saturated heterocycles. The van der Waals surface area contributed by atoms with Crippen LogP contribution in [0.4, 0.5) is 0 Å². The van der Waals surface area contributed by atoms with E-state index in [2.05, 4.69) is 5.32 Å². The molecule has 0 bridgehead atoms. The average molecular weight is 222 g/mol. The van der Waals surface area contributed by atoms with Gasteiger partial charge in [0, 0.05) is 7.05 Å². The van der Waals surface area contributed by atoms with E-state index >= 15 is 0 Å². The number of nitrogens with zero attached hydrogens (tertiary/aromatic N) is 1. The average Bonchev–Trinajstić information content (AvgIpc) is 2.55. The number of likely N-dealkylation sites (N-methyl/N-ethyl adjacent to an activating group) is 1. The molecular formula is C11H14N2O3. The normalized spacial score (nSPS) is 28.2. The van der Waals surface area contributed by atoms with Crippen molar-refractivity contribution in [3.05, 3.63) is 12.2 Å². The number of allylic oxidation sites excluding steroid dienone is 2. The van der Waals surface area contributed by atoms with E-state index in [9.17, 15) is 14.4 Å². The van der Waals surface area contributed by atoms with Gasteiger partial charge in [0.2, 0.25) is 17.7 Å². The maximum absolute atomic E-state index is 11.9. The Labute approximate surface area is 93.5 Å². The lowest BCUT2D eigenvalue weighted by Gasteiger charge is -2.14. The fourth-order valence-electron chi connectivity index (χ4n) is 2.25. The van der Waals surface area contributed by atoms with E-state index in [1.807, 2.05) is 12.2 Å². The minimum Gasteiger partial charge on any atom is -0.358 e. The van der Waals surface area contributed by atoms with Gasteiger partial charge >= 0.3 is 0 Å². The molecule has 0 aromatic rings. The van der Waals surface area contributed by atoms with Crippen molar-refractivity contribution in [2.45, 2.75) is 12.8 Å². The Bertz CT molecular complexity index is 349. The van der Waals surface area contributed by atoms with Crippen LogP contribution >= 0.6 is 0 Å². The van der Waals surface area contributed by atoms with Crippen LogP contribution in [0.3, 0.4) is 0 Å². The van der Waals surface area contributed by atoms with E-state index in [-0.39, 0.29) is 36.1 Å². The highest BCUT2D eigenvalue weighted by molar-refractivity contribution is 6.07. The molecule has 16 heavy (non-hydrogen) atoms. The molecule has 0 radical (unpaired) electrons. The van der Waals surface area contributed by atoms with Gasteiger partial charge in [0.25, 0.3) is 0 Å². The first-order chi connectivity index (χ1) is 7.65. The van der Waals surface area contributed by atoms with Crippen molar-refractivity contribution < 1.29 is 14.4 Å². The molecule has 1 aliphatic carbocycles. The van der Waals surface area contributed by atoms with Crippen molar-refractivity contribution in [3.8, 4) is 0 Å². The molecule has 5 nitrogen and oxygen atoms in total. The molecule has 5 heteroatoms. The minimum absolute atomic E-state index is 0.152. The number of carbonyl (C=O) groups is 3. The number of rotatable bonds is 2. The minimum atomic E-state index is -0.312. The molecular weight excluding hydrogens is 208 g/mol. The summed E-state index contributed by atoms with van der Waals surface area (Å²) >= 11 is 0. The van der Waals surface area contributed by atoms with Crippen molar-refractivity contribution in [1.29, 1.82) is 0 Å². The zero-order valence-electron chi connectivity index (χ0n) is 9.10. The first-order valence-corrected chi connectivity index (χ1v) is 5.36. The quantitative estimate of drug-likeness (QED) is 0.514. The number of imide groups is 1. The van der Waals surface area contributed by atoms with Crippen LogP contribution in [0, 0.1) is 11.8 Å². The van der Waals surface area contributed by atoms with Crippen molar-refractivity contribution in [2.75, 3.05) is 13.6 Å². The van der Waals surface area contributed by atoms with E-state index < -0.39 is 0 Å². The predicted molar refractivity (Wildman–Crippen MR) is 56.1 cm³/mol. The highest BCUT2D eigenvalue weighted by Crippen LogP contribution is 2.34. The molecule has 1 aliphatic heterocycles. The number of likely N-dealkylation sites (tertiary alicyclic amines) is 1. The van der Waals surface area contributed by atoms with Crippen LogP contribution in [0.5, 0.6) is 0 Å². The van der Waals surface area contributed by atoms with Crippen LogP contribution in [-0.2, 0) is 14.4 Å². The standard InChI is InChI=1S/C11H14N2O3/c1-12-9(14)6-13-10(15)7-4-2-3-5-8(7)11(13)16/h2-3,7-8H,4-6H2,1H3,(H,12,14)/t7-,8+. The SMILES string of the molecule is CNC(=O)CN1C(=O)[C@H]2CC=CC[C@H]2C1=O. The van der Waals surface area contributed by atoms with E-state index in [4.69, 9.17) is 0 Å². The molecule has 1 heterocycles. The molecule has 0 aromatic heterocycles. The molecule has 0 saturated carbocycles. The molecule has 2 atom stereocenters. The Hall–Kier alpha value is -1.65. The zero-order valence-corrected chi connectivity index (χ0v) is 9.10. The summed E-state index contributed by atoms with van der Waals surface area (Å²) in [7, 11) is 1.49. The Morgan fingerprint density at radius 3 is 2.25 bits per heavy atom. The summed E-state index contributed by atoms with van der Waals surface area (Å²) in [6, 6.07) is 0. The van der Waals surface area contributed by atoms with E-state index in [1.165, 1.54) is 7.05 Å². The molecule has 2 aliphatic rings. The van der Waals surface area contributed by atoms with Gasteiger partial charge < -0.3 is 5.32 Å². The van der Waals surface area contributed by atoms with Gasteiger partial charge in [0.1, 0.15) is 6.54 Å². The third kappa shape index (κ3) is 1.62. The maximum Gasteiger partial charge on any atom is 0.239 e. The Balaban J connectivity index is 2.14. The lowest BCUT2D eigenvalue weighted by molar-refractivity contribution is -0.143. The van der Waals surface area contributed by atoms with Crippen LogP contribution in [0.15, 0.2) is 12.2 Å². The largest absolute Gasteiger partial charge is 0.358 e. The molecule has 1 fully saturated rings. The molecule has 86 valence electrons. The highest BCUT2D eigenvalue weighted by Gasteiger charge is 2.47. The summed E-state index contributed by atoms with van der Waals surface area (Å²) in [6.07, 6.45) is 5.07. The lowest BCUT2D eigenvalue weighted by atomic mass is 9.85. The molecule has 1 N–H and O–H groups in total. The summed E-state index contributed by atoms with van der Waals surface area (Å²) in [6.45, 7) is -0.152. The van der Waals surface area contributed by atoms with Crippen LogP contribution in [0.25, 0.3) is 0 Å². The van der Waals surface area contributed by atoms with Gasteiger partial charge in [-0.15, -0.1) is 0 Å². The highest BCUT2D eigenvalue weighted by atomic mass is 16.2. The smallest absolute Gasteiger partial charge is 0.239 e. The summed E-state index contributed by atoms with van der Waals surface area (Å²) in [5, 5.41) is 2.41. The van der Waals surface area contributed by atoms with Gasteiger partial charge in [0.15, 0.2) is 0 Å². The number of nitrogens with one attached hydrogen (secondary N) is 1. The van der Waals surface area contributed by atoms with Crippen LogP contribution in [0.2, 0.25) is 0 Å². The number of hydrogen-bond donors (Lipinski definition) is 1. The Morgan fingerprint density at radius 1 is 1.31 bits per heavy atom. The summed E-state index contributed by atoms with van der Waals surface area (Å²) in [5.41, 5.74) is 0. The first-order valence-electron chi connectivity index (χ1n) is 5.36. The molecule has 2 rings (SSSR count). The summed E-state index contributed by atoms with van der Waals surface area (Å²) in [4.78, 5) is 36.1. The number of amides is 3. The van der Waals surface area contributed by atoms with Gasteiger partial charge in [-0.25, -0.2) is 0 Å². The van der Waals surface area contributed by atoms with Gasteiger partial charge in [-0.1, -0.05) is 12.2 Å². The summed E-state index contributed by atoms with van der Waals surface area (Å²) < 4.78 is 0. The Morgan fingerprint density at radius 2 is 1.81 bits per heavy atom. The van der Waals surface area contributed by atoms with Gasteiger partial charge in [-0.3, -0.25) is 19.3 Å². The lowest BCUT2D eigenvalue weighted by Crippen LogP contribution is -2.39. The number of hydrogen-bond acceptors (Lipinski definition) is 3. The fraction of sp³-hybridized carbons (Fsp3) is 0.545. The van der Waals surface area contributed by atoms with E-state index in [1.54, 1.807) is 0 Å². The molecule has 0 unspecified atom stereocenters. The maximum atomic E-state index is 11.9. The monoisotopic (exact) mass is 222 g/mol. The molecule has 3 amide bonds. The predicted octanol–water partition coefficient (Wildman–Crippen LogP) is -0.316. The van der Waals surface area contributed by atoms with Crippen LogP contribution in [0.1, 0.15) is 12.8 Å². The number of fused-ring (bicyclic) bond motifs is 1. The molecule has 0 spiro atoms. The van der Waals surface area contributed by atoms with Gasteiger partial charge in [-0.05, 0) is 12.8 Å². The van der Waals surface area contributed by atoms with Crippen LogP contribution in [-0.4, -0.2) is 36.2 Å². The third-order valence-corrected chi connectivity index (χ3v) is 3.18. The van der Waals surface area contributed by atoms with Gasteiger partial charge in [0.05, 0.1) is 11.8 Å². The third-order valence-electron chi connectivity index (χ3n) is 3.18. The van der Waals surface area contributed by atoms with E-state index in [0.717, 1.165) is 4.90 Å². The summed E-state index contributed by atoms with van der Waals surface area (Å²) in [5.74, 6) is -1.22. The second kappa shape index (κ2) is 4.08. The topological polar surface area (TPSA) is 66.5 Å². The van der Waals surface area contributed by atoms with Gasteiger partial charge in [-0.2, -0.15) is 0 Å². The van der Waals surface area contributed by atoms with Crippen molar-refractivity contribution in [1.82, 2.24) is 10.2 Å². The second-order valence-corrected chi connectivity index (χ2v) is 4.09. The Kier molecular flexibility index (Phi) is 2.77.